The first kappa shape index (κ1) is 27.6. The van der Waals surface area contributed by atoms with Gasteiger partial charge in [0.1, 0.15) is 28.6 Å². The minimum atomic E-state index is -0.708. The van der Waals surface area contributed by atoms with Crippen LogP contribution >= 0.6 is 0 Å². The van der Waals surface area contributed by atoms with Crippen molar-refractivity contribution in [1.29, 1.82) is 0 Å². The maximum absolute atomic E-state index is 13.5. The van der Waals surface area contributed by atoms with Gasteiger partial charge in [0.25, 0.3) is 11.5 Å². The van der Waals surface area contributed by atoms with Crippen molar-refractivity contribution in [2.24, 2.45) is 5.92 Å². The van der Waals surface area contributed by atoms with Gasteiger partial charge in [-0.3, -0.25) is 19.3 Å². The van der Waals surface area contributed by atoms with Gasteiger partial charge < -0.3 is 19.9 Å². The number of aliphatic hydroxyl groups is 1. The molecular formula is C31H31N5O5. The lowest BCUT2D eigenvalue weighted by molar-refractivity contribution is 0.0987. The van der Waals surface area contributed by atoms with Crippen molar-refractivity contribution < 1.29 is 19.4 Å². The summed E-state index contributed by atoms with van der Waals surface area (Å²) in [6.07, 6.45) is 2.43. The average molecular weight is 554 g/mol. The summed E-state index contributed by atoms with van der Waals surface area (Å²) in [5, 5.41) is 14.1. The van der Waals surface area contributed by atoms with Gasteiger partial charge in [-0.05, 0) is 55.3 Å². The molecule has 5 rings (SSSR count). The number of amides is 1. The van der Waals surface area contributed by atoms with Crippen LogP contribution in [0.15, 0.2) is 83.9 Å². The Kier molecular flexibility index (Phi) is 7.84. The number of hydrogen-bond donors (Lipinski definition) is 2. The van der Waals surface area contributed by atoms with Gasteiger partial charge in [0, 0.05) is 17.6 Å². The van der Waals surface area contributed by atoms with Crippen molar-refractivity contribution in [3.05, 3.63) is 101 Å². The molecule has 0 aliphatic heterocycles. The first-order valence-electron chi connectivity index (χ1n) is 13.2. The second kappa shape index (κ2) is 11.6. The molecule has 10 heteroatoms. The van der Waals surface area contributed by atoms with Gasteiger partial charge in [0.2, 0.25) is 0 Å². The molecule has 0 saturated carbocycles. The Labute approximate surface area is 236 Å². The molecule has 0 spiro atoms. The number of fused-ring (bicyclic) bond motifs is 1. The van der Waals surface area contributed by atoms with E-state index in [-0.39, 0.29) is 23.8 Å². The van der Waals surface area contributed by atoms with Gasteiger partial charge >= 0.3 is 0 Å². The Balaban J connectivity index is 1.39. The maximum Gasteiger partial charge on any atom is 0.284 e. The van der Waals surface area contributed by atoms with E-state index in [9.17, 15) is 14.7 Å². The summed E-state index contributed by atoms with van der Waals surface area (Å²) in [5.41, 5.74) is 1.26. The van der Waals surface area contributed by atoms with Crippen molar-refractivity contribution >= 4 is 22.6 Å². The fraction of sp³-hybridized carbons (Fsp3) is 0.226. The van der Waals surface area contributed by atoms with Gasteiger partial charge in [0.15, 0.2) is 0 Å². The highest BCUT2D eigenvalue weighted by Crippen LogP contribution is 2.30. The van der Waals surface area contributed by atoms with Crippen LogP contribution in [-0.2, 0) is 6.54 Å². The summed E-state index contributed by atoms with van der Waals surface area (Å²) in [7, 11) is 1.60. The third-order valence-electron chi connectivity index (χ3n) is 6.87. The molecule has 1 atom stereocenters. The zero-order chi connectivity index (χ0) is 29.1. The molecule has 0 aliphatic carbocycles. The number of ether oxygens (including phenoxy) is 2. The summed E-state index contributed by atoms with van der Waals surface area (Å²) in [6.45, 7) is 5.65. The van der Waals surface area contributed by atoms with Gasteiger partial charge in [-0.2, -0.15) is 0 Å². The molecule has 41 heavy (non-hydrogen) atoms. The van der Waals surface area contributed by atoms with Gasteiger partial charge in [0.05, 0.1) is 42.9 Å². The summed E-state index contributed by atoms with van der Waals surface area (Å²) >= 11 is 0. The largest absolute Gasteiger partial charge is 0.497 e. The van der Waals surface area contributed by atoms with E-state index in [0.717, 1.165) is 10.9 Å². The maximum atomic E-state index is 13.5. The highest BCUT2D eigenvalue weighted by Gasteiger charge is 2.26. The number of hydrogen-bond acceptors (Lipinski definition) is 7. The molecule has 210 valence electrons. The number of nitrogens with zero attached hydrogens (tertiary/aromatic N) is 4. The summed E-state index contributed by atoms with van der Waals surface area (Å²) in [6, 6.07) is 19.6. The molecule has 0 bridgehead atoms. The lowest BCUT2D eigenvalue weighted by atomic mass is 10.1. The van der Waals surface area contributed by atoms with Crippen LogP contribution < -0.4 is 20.3 Å². The predicted molar refractivity (Wildman–Crippen MR) is 156 cm³/mol. The summed E-state index contributed by atoms with van der Waals surface area (Å²) in [5.74, 6) is 1.38. The molecule has 1 amide bonds. The number of rotatable bonds is 9. The molecule has 10 nitrogen and oxygen atoms in total. The van der Waals surface area contributed by atoms with E-state index in [1.54, 1.807) is 55.2 Å². The monoisotopic (exact) mass is 553 g/mol. The van der Waals surface area contributed by atoms with E-state index in [4.69, 9.17) is 9.47 Å². The van der Waals surface area contributed by atoms with Crippen LogP contribution in [-0.4, -0.2) is 43.6 Å². The minimum Gasteiger partial charge on any atom is -0.497 e. The molecule has 5 aromatic rings. The zero-order valence-electron chi connectivity index (χ0n) is 23.2. The van der Waals surface area contributed by atoms with Crippen molar-refractivity contribution in [3.8, 4) is 22.9 Å². The fourth-order valence-electron chi connectivity index (χ4n) is 4.48. The first-order chi connectivity index (χ1) is 19.8. The van der Waals surface area contributed by atoms with Crippen LogP contribution in [0.5, 0.6) is 17.2 Å². The summed E-state index contributed by atoms with van der Waals surface area (Å²) in [4.78, 5) is 35.6. The fourth-order valence-corrected chi connectivity index (χ4v) is 4.48. The van der Waals surface area contributed by atoms with Crippen molar-refractivity contribution in [3.63, 3.8) is 0 Å². The molecule has 0 fully saturated rings. The van der Waals surface area contributed by atoms with Crippen LogP contribution in [0.2, 0.25) is 0 Å². The van der Waals surface area contributed by atoms with Crippen molar-refractivity contribution in [2.45, 2.75) is 33.4 Å². The molecule has 0 unspecified atom stereocenters. The van der Waals surface area contributed by atoms with E-state index in [1.807, 2.05) is 50.2 Å². The van der Waals surface area contributed by atoms with Crippen molar-refractivity contribution in [2.75, 3.05) is 12.4 Å². The normalized spacial score (nSPS) is 12.0. The Bertz CT molecular complexity index is 1740. The predicted octanol–water partition coefficient (Wildman–Crippen LogP) is 4.96. The molecule has 2 N–H and O–H groups in total. The van der Waals surface area contributed by atoms with Crippen LogP contribution in [0, 0.1) is 12.8 Å². The third-order valence-corrected chi connectivity index (χ3v) is 6.87. The quantitative estimate of drug-likeness (QED) is 0.265. The molecule has 3 aromatic heterocycles. The van der Waals surface area contributed by atoms with E-state index in [2.05, 4.69) is 15.3 Å². The van der Waals surface area contributed by atoms with Crippen LogP contribution in [0.3, 0.4) is 0 Å². The molecule has 2 aromatic carbocycles. The van der Waals surface area contributed by atoms with E-state index < -0.39 is 17.6 Å². The lowest BCUT2D eigenvalue weighted by Gasteiger charge is -2.19. The van der Waals surface area contributed by atoms with Crippen LogP contribution in [0.1, 0.15) is 29.9 Å². The van der Waals surface area contributed by atoms with Crippen molar-refractivity contribution in [1.82, 2.24) is 19.3 Å². The van der Waals surface area contributed by atoms with Crippen LogP contribution in [0.4, 0.5) is 5.82 Å². The highest BCUT2D eigenvalue weighted by molar-refractivity contribution is 6.04. The summed E-state index contributed by atoms with van der Waals surface area (Å²) < 4.78 is 14.4. The number of aromatic nitrogens is 4. The number of benzene rings is 2. The number of nitrogens with one attached hydrogen (secondary N) is 1. The van der Waals surface area contributed by atoms with Gasteiger partial charge in [-0.15, -0.1) is 0 Å². The molecule has 3 heterocycles. The van der Waals surface area contributed by atoms with E-state index >= 15 is 0 Å². The topological polar surface area (TPSA) is 120 Å². The standard InChI is InChI=1S/C31H31N5O5/c1-19(2)26(37)18-35-20(3)29(31(39)36(35)21-8-6-5-7-9-21)30(38)34-28-13-11-23(17-33-28)41-27-14-15-32-25-16-22(40-4)10-12-24(25)27/h5-17,19,26,37H,18H2,1-4H3,(H,33,34,38)/t26-/m1/s1. The average Bonchev–Trinajstić information content (AvgIpc) is 3.22. The van der Waals surface area contributed by atoms with E-state index in [0.29, 0.717) is 28.6 Å². The Morgan fingerprint density at radius 1 is 1.02 bits per heavy atom. The molecule has 0 radical (unpaired) electrons. The van der Waals surface area contributed by atoms with Crippen LogP contribution in [0.25, 0.3) is 16.6 Å². The SMILES string of the molecule is COc1ccc2c(Oc3ccc(NC(=O)c4c(C)n(C[C@@H](O)C(C)C)n(-c5ccccc5)c4=O)nc3)ccnc2c1. The number of aliphatic hydroxyl groups excluding tert-OH is 1. The second-order valence-electron chi connectivity index (χ2n) is 9.93. The first-order valence-corrected chi connectivity index (χ1v) is 13.2. The number of carbonyl (C=O) groups is 1. The number of anilines is 1. The highest BCUT2D eigenvalue weighted by atomic mass is 16.5. The molecule has 0 aliphatic rings. The minimum absolute atomic E-state index is 0.0226. The smallest absolute Gasteiger partial charge is 0.284 e. The Morgan fingerprint density at radius 3 is 2.46 bits per heavy atom. The number of carbonyl (C=O) groups excluding carboxylic acids is 1. The van der Waals surface area contributed by atoms with Gasteiger partial charge in [-0.1, -0.05) is 32.0 Å². The lowest BCUT2D eigenvalue weighted by Crippen LogP contribution is -2.29. The molecule has 0 saturated heterocycles. The molecular weight excluding hydrogens is 522 g/mol. The number of pyridine rings is 2. The number of para-hydroxylation sites is 1. The van der Waals surface area contributed by atoms with Gasteiger partial charge in [-0.25, -0.2) is 9.67 Å². The zero-order valence-corrected chi connectivity index (χ0v) is 23.2. The Morgan fingerprint density at radius 2 is 1.78 bits per heavy atom. The Hall–Kier alpha value is -4.96. The number of methoxy groups -OCH3 is 1. The third kappa shape index (κ3) is 5.68. The van der Waals surface area contributed by atoms with E-state index in [1.165, 1.54) is 10.9 Å². The second-order valence-corrected chi connectivity index (χ2v) is 9.93.